The summed E-state index contributed by atoms with van der Waals surface area (Å²) in [6.45, 7) is 3.25. The Morgan fingerprint density at radius 2 is 1.89 bits per heavy atom. The summed E-state index contributed by atoms with van der Waals surface area (Å²) >= 11 is 3.40. The van der Waals surface area contributed by atoms with Crippen molar-refractivity contribution in [2.45, 2.75) is 18.8 Å². The number of carbonyl (C=O) groups excluding carboxylic acids is 1. The number of benzene rings is 1. The van der Waals surface area contributed by atoms with Crippen molar-refractivity contribution in [2.75, 3.05) is 31.1 Å². The van der Waals surface area contributed by atoms with Crippen molar-refractivity contribution in [1.29, 1.82) is 0 Å². The van der Waals surface area contributed by atoms with Crippen LogP contribution >= 0.6 is 22.7 Å². The molecule has 0 bridgehead atoms. The maximum atomic E-state index is 13.4. The highest BCUT2D eigenvalue weighted by molar-refractivity contribution is 7.18. The van der Waals surface area contributed by atoms with E-state index in [1.54, 1.807) is 22.7 Å². The molecule has 3 aromatic rings. The smallest absolute Gasteiger partial charge is 0.226 e. The van der Waals surface area contributed by atoms with Crippen molar-refractivity contribution >= 4 is 43.9 Å². The number of carbonyl (C=O) groups is 1. The van der Waals surface area contributed by atoms with Crippen molar-refractivity contribution in [2.24, 2.45) is 5.92 Å². The van der Waals surface area contributed by atoms with Crippen LogP contribution < -0.4 is 4.90 Å². The molecule has 2 aromatic heterocycles. The van der Waals surface area contributed by atoms with E-state index in [1.807, 2.05) is 22.5 Å². The zero-order valence-electron chi connectivity index (χ0n) is 15.5. The molecule has 144 valence electrons. The number of fused-ring (bicyclic) bond motifs is 1. The quantitative estimate of drug-likeness (QED) is 0.609. The van der Waals surface area contributed by atoms with Crippen molar-refractivity contribution < 1.29 is 4.79 Å². The van der Waals surface area contributed by atoms with Gasteiger partial charge in [0.25, 0.3) is 0 Å². The predicted octanol–water partition coefficient (Wildman–Crippen LogP) is 4.15. The number of rotatable bonds is 3. The zero-order chi connectivity index (χ0) is 18.9. The van der Waals surface area contributed by atoms with E-state index in [-0.39, 0.29) is 17.7 Å². The Morgan fingerprint density at radius 1 is 1.07 bits per heavy atom. The molecule has 0 spiro atoms. The van der Waals surface area contributed by atoms with Crippen LogP contribution in [0.15, 0.2) is 48.0 Å². The van der Waals surface area contributed by atoms with E-state index in [4.69, 9.17) is 4.98 Å². The largest absolute Gasteiger partial charge is 0.345 e. The maximum Gasteiger partial charge on any atom is 0.226 e. The molecule has 1 aliphatic heterocycles. The normalized spacial score (nSPS) is 22.7. The molecule has 1 aromatic carbocycles. The molecular weight excluding hydrogens is 388 g/mol. The van der Waals surface area contributed by atoms with Crippen molar-refractivity contribution in [3.05, 3.63) is 53.0 Å². The third kappa shape index (κ3) is 3.33. The lowest BCUT2D eigenvalue weighted by Gasteiger charge is -2.38. The summed E-state index contributed by atoms with van der Waals surface area (Å²) < 4.78 is 1.20. The number of hydrogen-bond acceptors (Lipinski definition) is 6. The first-order valence-corrected chi connectivity index (χ1v) is 11.4. The lowest BCUT2D eigenvalue weighted by Crippen LogP contribution is -2.51. The SMILES string of the molecule is O=C([C@@H]1CC=CC[C@@H]1c1nc2ccccc2s1)N1CCN(c2nccs2)CC1. The zero-order valence-corrected chi connectivity index (χ0v) is 17.2. The Balaban J connectivity index is 1.32. The standard InChI is InChI=1S/C21H22N4OS2/c26-20(24-10-12-25(13-11-24)21-22-9-14-27-21)16-6-2-1-5-15(16)19-23-17-7-3-4-8-18(17)28-19/h1-4,7-9,14-16H,5-6,10-13H2/t15-,16+/m0/s1. The molecule has 0 N–H and O–H groups in total. The first kappa shape index (κ1) is 17.8. The van der Waals surface area contributed by atoms with Crippen LogP contribution in [0.5, 0.6) is 0 Å². The van der Waals surface area contributed by atoms with Gasteiger partial charge in [-0.2, -0.15) is 0 Å². The minimum absolute atomic E-state index is 0.00280. The summed E-state index contributed by atoms with van der Waals surface area (Å²) in [6.07, 6.45) is 7.93. The first-order valence-electron chi connectivity index (χ1n) is 9.73. The summed E-state index contributed by atoms with van der Waals surface area (Å²) in [4.78, 5) is 27.0. The molecule has 5 nitrogen and oxygen atoms in total. The van der Waals surface area contributed by atoms with E-state index < -0.39 is 0 Å². The Bertz CT molecular complexity index is 956. The van der Waals surface area contributed by atoms with E-state index in [0.29, 0.717) is 0 Å². The Hall–Kier alpha value is -2.25. The number of thiazole rings is 2. The monoisotopic (exact) mass is 410 g/mol. The van der Waals surface area contributed by atoms with Crippen molar-refractivity contribution in [3.63, 3.8) is 0 Å². The van der Waals surface area contributed by atoms with Crippen molar-refractivity contribution in [3.8, 4) is 0 Å². The van der Waals surface area contributed by atoms with Gasteiger partial charge >= 0.3 is 0 Å². The second kappa shape index (κ2) is 7.64. The summed E-state index contributed by atoms with van der Waals surface area (Å²) in [5.41, 5.74) is 1.04. The number of piperazine rings is 1. The highest BCUT2D eigenvalue weighted by Crippen LogP contribution is 2.39. The van der Waals surface area contributed by atoms with Gasteiger partial charge in [0.2, 0.25) is 5.91 Å². The Labute approximate surface area is 172 Å². The average molecular weight is 411 g/mol. The fraction of sp³-hybridized carbons (Fsp3) is 0.381. The van der Waals surface area contributed by atoms with E-state index in [9.17, 15) is 4.79 Å². The fourth-order valence-corrected chi connectivity index (χ4v) is 5.98. The minimum atomic E-state index is -0.00280. The molecule has 3 heterocycles. The molecule has 0 radical (unpaired) electrons. The lowest BCUT2D eigenvalue weighted by molar-refractivity contribution is -0.136. The third-order valence-corrected chi connectivity index (χ3v) is 7.66. The molecule has 2 atom stereocenters. The van der Waals surface area contributed by atoms with Crippen LogP contribution in [0, 0.1) is 5.92 Å². The topological polar surface area (TPSA) is 49.3 Å². The van der Waals surface area contributed by atoms with Crippen LogP contribution in [0.4, 0.5) is 5.13 Å². The van der Waals surface area contributed by atoms with Crippen LogP contribution in [0.25, 0.3) is 10.2 Å². The van der Waals surface area contributed by atoms with Crippen LogP contribution in [-0.4, -0.2) is 47.0 Å². The van der Waals surface area contributed by atoms with Crippen LogP contribution in [0.1, 0.15) is 23.8 Å². The molecule has 1 fully saturated rings. The molecule has 1 amide bonds. The number of anilines is 1. The van der Waals surface area contributed by atoms with Crippen LogP contribution in [-0.2, 0) is 4.79 Å². The van der Waals surface area contributed by atoms with Gasteiger partial charge in [-0.3, -0.25) is 4.79 Å². The van der Waals surface area contributed by atoms with Crippen LogP contribution in [0.2, 0.25) is 0 Å². The molecule has 5 rings (SSSR count). The van der Waals surface area contributed by atoms with Gasteiger partial charge in [0.05, 0.1) is 21.1 Å². The number of amides is 1. The highest BCUT2D eigenvalue weighted by atomic mass is 32.1. The van der Waals surface area contributed by atoms with Crippen molar-refractivity contribution in [1.82, 2.24) is 14.9 Å². The Morgan fingerprint density at radius 3 is 2.68 bits per heavy atom. The second-order valence-electron chi connectivity index (χ2n) is 7.30. The van der Waals surface area contributed by atoms with Gasteiger partial charge in [-0.1, -0.05) is 24.3 Å². The second-order valence-corrected chi connectivity index (χ2v) is 9.24. The third-order valence-electron chi connectivity index (χ3n) is 5.66. The first-order chi connectivity index (χ1) is 13.8. The van der Waals surface area contributed by atoms with E-state index in [1.165, 1.54) is 4.70 Å². The maximum absolute atomic E-state index is 13.4. The fourth-order valence-electron chi connectivity index (χ4n) is 4.13. The van der Waals surface area contributed by atoms with E-state index in [2.05, 4.69) is 40.2 Å². The Kier molecular flexibility index (Phi) is 4.86. The molecule has 0 saturated carbocycles. The van der Waals surface area contributed by atoms with Gasteiger partial charge in [-0.05, 0) is 25.0 Å². The summed E-state index contributed by atoms with van der Waals surface area (Å²) in [7, 11) is 0. The molecule has 7 heteroatoms. The molecule has 0 unspecified atom stereocenters. The van der Waals surface area contributed by atoms with E-state index >= 15 is 0 Å². The number of para-hydroxylation sites is 1. The minimum Gasteiger partial charge on any atom is -0.345 e. The van der Waals surface area contributed by atoms with Crippen LogP contribution in [0.3, 0.4) is 0 Å². The van der Waals surface area contributed by atoms with Gasteiger partial charge in [-0.25, -0.2) is 9.97 Å². The number of aromatic nitrogens is 2. The lowest BCUT2D eigenvalue weighted by atomic mass is 9.82. The molecule has 1 aliphatic carbocycles. The molecule has 2 aliphatic rings. The molecule has 1 saturated heterocycles. The summed E-state index contributed by atoms with van der Waals surface area (Å²) in [6, 6.07) is 8.25. The average Bonchev–Trinajstić information content (AvgIpc) is 3.43. The number of allylic oxidation sites excluding steroid dienone is 2. The van der Waals surface area contributed by atoms with Gasteiger partial charge < -0.3 is 9.80 Å². The number of hydrogen-bond donors (Lipinski definition) is 0. The summed E-state index contributed by atoms with van der Waals surface area (Å²) in [5, 5.41) is 4.16. The van der Waals surface area contributed by atoms with Gasteiger partial charge in [-0.15, -0.1) is 22.7 Å². The number of nitrogens with zero attached hydrogens (tertiary/aromatic N) is 4. The molecule has 28 heavy (non-hydrogen) atoms. The van der Waals surface area contributed by atoms with Gasteiger partial charge in [0, 0.05) is 43.7 Å². The molecular formula is C21H22N4OS2. The van der Waals surface area contributed by atoms with E-state index in [0.717, 1.165) is 54.7 Å². The van der Waals surface area contributed by atoms with Gasteiger partial charge in [0.15, 0.2) is 5.13 Å². The van der Waals surface area contributed by atoms with Gasteiger partial charge in [0.1, 0.15) is 0 Å². The highest BCUT2D eigenvalue weighted by Gasteiger charge is 2.36. The summed E-state index contributed by atoms with van der Waals surface area (Å²) in [5.74, 6) is 0.469. The predicted molar refractivity (Wildman–Crippen MR) is 115 cm³/mol.